The van der Waals surface area contributed by atoms with Gasteiger partial charge < -0.3 is 15.7 Å². The highest BCUT2D eigenvalue weighted by Gasteiger charge is 2.39. The smallest absolute Gasteiger partial charge is 0.326 e. The molecule has 0 unspecified atom stereocenters. The summed E-state index contributed by atoms with van der Waals surface area (Å²) in [5.74, 6) is -2.18. The molecule has 14 nitrogen and oxygen atoms in total. The largest absolute Gasteiger partial charge is 0.480 e. The lowest BCUT2D eigenvalue weighted by Gasteiger charge is -2.38. The van der Waals surface area contributed by atoms with E-state index in [1.165, 1.54) is 17.2 Å². The zero-order chi connectivity index (χ0) is 28.0. The van der Waals surface area contributed by atoms with Crippen LogP contribution < -0.4 is 15.9 Å². The van der Waals surface area contributed by atoms with Crippen LogP contribution in [0.1, 0.15) is 38.2 Å². The maximum atomic E-state index is 13.6. The van der Waals surface area contributed by atoms with E-state index >= 15 is 0 Å². The Morgan fingerprint density at radius 3 is 2.82 bits per heavy atom. The molecule has 38 heavy (non-hydrogen) atoms. The highest BCUT2D eigenvalue weighted by atomic mass is 32.2. The monoisotopic (exact) mass is 549 g/mol. The minimum absolute atomic E-state index is 0.0350. The van der Waals surface area contributed by atoms with E-state index in [4.69, 9.17) is 5.73 Å². The van der Waals surface area contributed by atoms with Crippen LogP contribution in [-0.4, -0.2) is 71.4 Å². The lowest BCUT2D eigenvalue weighted by Crippen LogP contribution is -2.56. The molecular formula is C23H31N7O7S. The summed E-state index contributed by atoms with van der Waals surface area (Å²) in [6, 6.07) is 4.07. The number of piperidine rings is 1. The van der Waals surface area contributed by atoms with Crippen LogP contribution in [0.25, 0.3) is 10.9 Å². The summed E-state index contributed by atoms with van der Waals surface area (Å²) in [4.78, 5) is 45.1. The lowest BCUT2D eigenvalue weighted by atomic mass is 9.91. The number of carboxylic acids is 1. The molecule has 0 radical (unpaired) electrons. The number of benzene rings is 1. The second-order valence-corrected chi connectivity index (χ2v) is 11.0. The number of aliphatic imine (C=N–C) groups is 1. The van der Waals surface area contributed by atoms with Crippen LogP contribution in [0.4, 0.5) is 0 Å². The summed E-state index contributed by atoms with van der Waals surface area (Å²) >= 11 is 0. The van der Waals surface area contributed by atoms with Crippen molar-refractivity contribution in [2.75, 3.05) is 13.1 Å². The number of carboxylic acid groups (broad SMARTS) is 1. The lowest BCUT2D eigenvalue weighted by molar-refractivity contribution is -0.525. The molecule has 0 spiro atoms. The average molecular weight is 550 g/mol. The quantitative estimate of drug-likeness (QED) is 0.107. The SMILES string of the molecule is Cc1cnc2c(S(=O)(=O)N[C@@H](CCCN=C(N)N[N+](=O)[O-])C(=O)N3CC[C@H](C)C[C@@H]3C(=O)O)cccc2c1. The number of hydrogen-bond acceptors (Lipinski definition) is 8. The highest BCUT2D eigenvalue weighted by Crippen LogP contribution is 2.26. The van der Waals surface area contributed by atoms with Crippen LogP contribution >= 0.6 is 0 Å². The van der Waals surface area contributed by atoms with E-state index in [1.807, 2.05) is 13.8 Å². The molecule has 1 aliphatic rings. The number of carbonyl (C=O) groups is 2. The third kappa shape index (κ3) is 7.13. The van der Waals surface area contributed by atoms with Crippen LogP contribution in [0.2, 0.25) is 0 Å². The van der Waals surface area contributed by atoms with E-state index in [9.17, 15) is 33.2 Å². The Kier molecular flexibility index (Phi) is 9.17. The molecule has 15 heteroatoms. The first kappa shape index (κ1) is 28.7. The average Bonchev–Trinajstić information content (AvgIpc) is 2.84. The third-order valence-electron chi connectivity index (χ3n) is 6.27. The molecule has 0 aliphatic carbocycles. The van der Waals surface area contributed by atoms with Crippen LogP contribution in [0, 0.1) is 23.0 Å². The zero-order valence-electron chi connectivity index (χ0n) is 21.0. The van der Waals surface area contributed by atoms with Gasteiger partial charge in [-0.15, -0.1) is 0 Å². The number of nitrogens with zero attached hydrogens (tertiary/aromatic N) is 4. The molecule has 1 aromatic carbocycles. The summed E-state index contributed by atoms with van der Waals surface area (Å²) in [6.45, 7) is 3.86. The van der Waals surface area contributed by atoms with Gasteiger partial charge in [-0.1, -0.05) is 24.5 Å². The third-order valence-corrected chi connectivity index (χ3v) is 7.77. The number of amides is 1. The van der Waals surface area contributed by atoms with Gasteiger partial charge in [0.05, 0.1) is 5.52 Å². The minimum atomic E-state index is -4.27. The first-order valence-corrected chi connectivity index (χ1v) is 13.5. The minimum Gasteiger partial charge on any atom is -0.480 e. The van der Waals surface area contributed by atoms with Gasteiger partial charge in [-0.3, -0.25) is 9.78 Å². The molecule has 1 saturated heterocycles. The number of nitrogens with two attached hydrogens (primary N) is 1. The number of nitro groups is 1. The van der Waals surface area contributed by atoms with Gasteiger partial charge in [0.2, 0.25) is 15.9 Å². The molecule has 1 aromatic heterocycles. The van der Waals surface area contributed by atoms with Crippen LogP contribution in [0.3, 0.4) is 0 Å². The molecule has 2 heterocycles. The van der Waals surface area contributed by atoms with Crippen molar-refractivity contribution >= 4 is 38.8 Å². The summed E-state index contributed by atoms with van der Waals surface area (Å²) in [7, 11) is -4.27. The zero-order valence-corrected chi connectivity index (χ0v) is 21.8. The van der Waals surface area contributed by atoms with E-state index in [2.05, 4.69) is 14.7 Å². The molecule has 5 N–H and O–H groups in total. The number of aryl methyl sites for hydroxylation is 1. The Labute approximate surface area is 219 Å². The normalized spacial score (nSPS) is 19.2. The molecule has 3 rings (SSSR count). The topological polar surface area (TPSA) is 210 Å². The molecule has 3 atom stereocenters. The maximum absolute atomic E-state index is 13.6. The number of hydrazine groups is 1. The fraction of sp³-hybridized carbons (Fsp3) is 0.478. The Morgan fingerprint density at radius 2 is 2.13 bits per heavy atom. The number of aromatic nitrogens is 1. The molecule has 0 bridgehead atoms. The van der Waals surface area contributed by atoms with Gasteiger partial charge >= 0.3 is 5.97 Å². The van der Waals surface area contributed by atoms with E-state index < -0.39 is 45.0 Å². The van der Waals surface area contributed by atoms with E-state index in [-0.39, 0.29) is 48.7 Å². The number of carbonyl (C=O) groups excluding carboxylic acids is 1. The fourth-order valence-corrected chi connectivity index (χ4v) is 5.81. The van der Waals surface area contributed by atoms with Gasteiger partial charge in [0.25, 0.3) is 5.96 Å². The predicted octanol–water partition coefficient (Wildman–Crippen LogP) is 0.778. The van der Waals surface area contributed by atoms with Crippen molar-refractivity contribution in [1.29, 1.82) is 0 Å². The molecule has 0 saturated carbocycles. The second kappa shape index (κ2) is 12.1. The fourth-order valence-electron chi connectivity index (χ4n) is 4.41. The first-order chi connectivity index (χ1) is 17.9. The van der Waals surface area contributed by atoms with Gasteiger partial charge in [0.15, 0.2) is 5.03 Å². The van der Waals surface area contributed by atoms with Crippen LogP contribution in [-0.2, 0) is 19.6 Å². The molecule has 1 aliphatic heterocycles. The Bertz CT molecular complexity index is 1350. The van der Waals surface area contributed by atoms with E-state index in [0.29, 0.717) is 11.8 Å². The van der Waals surface area contributed by atoms with Crippen molar-refractivity contribution < 1.29 is 28.1 Å². The summed E-state index contributed by atoms with van der Waals surface area (Å²) in [6.07, 6.45) is 2.45. The number of aliphatic carboxylic acids is 1. The number of sulfonamides is 1. The summed E-state index contributed by atoms with van der Waals surface area (Å²) in [5, 5.41) is 19.9. The molecule has 1 amide bonds. The number of nitrogens with one attached hydrogen (secondary N) is 2. The molecule has 1 fully saturated rings. The number of para-hydroxylation sites is 1. The van der Waals surface area contributed by atoms with Gasteiger partial charge in [-0.25, -0.2) is 28.3 Å². The van der Waals surface area contributed by atoms with Gasteiger partial charge in [-0.2, -0.15) is 4.72 Å². The van der Waals surface area contributed by atoms with Crippen molar-refractivity contribution in [1.82, 2.24) is 20.0 Å². The number of guanidine groups is 1. The van der Waals surface area contributed by atoms with Crippen molar-refractivity contribution in [2.45, 2.75) is 56.5 Å². The maximum Gasteiger partial charge on any atom is 0.326 e. The van der Waals surface area contributed by atoms with Crippen molar-refractivity contribution in [3.63, 3.8) is 0 Å². The number of pyridine rings is 1. The summed E-state index contributed by atoms with van der Waals surface area (Å²) < 4.78 is 29.4. The van der Waals surface area contributed by atoms with Crippen LogP contribution in [0.5, 0.6) is 0 Å². The van der Waals surface area contributed by atoms with Gasteiger partial charge in [0, 0.05) is 24.7 Å². The Balaban J connectivity index is 1.89. The van der Waals surface area contributed by atoms with Crippen LogP contribution in [0.15, 0.2) is 40.4 Å². The summed E-state index contributed by atoms with van der Waals surface area (Å²) in [5.41, 5.74) is 8.19. The molecule has 206 valence electrons. The van der Waals surface area contributed by atoms with Crippen molar-refractivity contribution in [3.8, 4) is 0 Å². The van der Waals surface area contributed by atoms with E-state index in [1.54, 1.807) is 23.6 Å². The second-order valence-electron chi connectivity index (χ2n) is 9.31. The predicted molar refractivity (Wildman–Crippen MR) is 138 cm³/mol. The molecular weight excluding hydrogens is 518 g/mol. The number of rotatable bonds is 10. The van der Waals surface area contributed by atoms with Crippen molar-refractivity contribution in [3.05, 3.63) is 46.1 Å². The number of hydrogen-bond donors (Lipinski definition) is 4. The highest BCUT2D eigenvalue weighted by molar-refractivity contribution is 7.89. The van der Waals surface area contributed by atoms with Crippen molar-refractivity contribution in [2.24, 2.45) is 16.6 Å². The molecule has 2 aromatic rings. The number of fused-ring (bicyclic) bond motifs is 1. The number of likely N-dealkylation sites (tertiary alicyclic amines) is 1. The van der Waals surface area contributed by atoms with E-state index in [0.717, 1.165) is 5.56 Å². The Hall–Kier alpha value is -3.85. The standard InChI is InChI=1S/C23H31N7O7S/c1-14-8-10-29(18(12-14)22(32)33)21(31)17(6-4-9-25-23(24)27-30(34)35)28-38(36,37)19-7-3-5-16-11-15(2)13-26-20(16)19/h3,5,7,11,13-14,17-18,28H,4,6,8-10,12H2,1-2H3,(H,32,33)(H3,24,25,27)/t14-,17-,18+/m0/s1. The van der Waals surface area contributed by atoms with Gasteiger partial charge in [-0.05, 0) is 56.2 Å². The van der Waals surface area contributed by atoms with Gasteiger partial charge in [0.1, 0.15) is 17.0 Å². The Morgan fingerprint density at radius 1 is 1.39 bits per heavy atom. The first-order valence-electron chi connectivity index (χ1n) is 12.0.